The lowest BCUT2D eigenvalue weighted by atomic mass is 10.1. The number of aromatic carboxylic acids is 1. The lowest BCUT2D eigenvalue weighted by Crippen LogP contribution is -2.09. The van der Waals surface area contributed by atoms with Gasteiger partial charge in [0.15, 0.2) is 11.5 Å². The van der Waals surface area contributed by atoms with Crippen LogP contribution in [0.5, 0.6) is 0 Å². The number of hydrogen-bond acceptors (Lipinski definition) is 5. The first-order valence-electron chi connectivity index (χ1n) is 6.58. The molecule has 0 radical (unpaired) electrons. The van der Waals surface area contributed by atoms with Crippen LogP contribution < -0.4 is 5.73 Å². The van der Waals surface area contributed by atoms with Crippen LogP contribution in [0.2, 0.25) is 0 Å². The molecular formula is C13H15N5O2. The molecule has 0 fully saturated rings. The van der Waals surface area contributed by atoms with E-state index in [0.29, 0.717) is 5.82 Å². The third-order valence-corrected chi connectivity index (χ3v) is 3.51. The lowest BCUT2D eigenvalue weighted by Gasteiger charge is -2.09. The van der Waals surface area contributed by atoms with Crippen LogP contribution >= 0.6 is 0 Å². The van der Waals surface area contributed by atoms with E-state index in [2.05, 4.69) is 15.1 Å². The minimum Gasteiger partial charge on any atom is -0.476 e. The van der Waals surface area contributed by atoms with Crippen molar-refractivity contribution in [2.24, 2.45) is 0 Å². The van der Waals surface area contributed by atoms with E-state index < -0.39 is 5.97 Å². The molecule has 3 N–H and O–H groups in total. The van der Waals surface area contributed by atoms with Crippen molar-refractivity contribution < 1.29 is 9.90 Å². The second-order valence-electron chi connectivity index (χ2n) is 4.87. The molecule has 20 heavy (non-hydrogen) atoms. The minimum absolute atomic E-state index is 0.137. The highest BCUT2D eigenvalue weighted by atomic mass is 16.4. The van der Waals surface area contributed by atoms with E-state index in [1.54, 1.807) is 0 Å². The largest absolute Gasteiger partial charge is 0.476 e. The Labute approximate surface area is 115 Å². The third-order valence-electron chi connectivity index (χ3n) is 3.51. The van der Waals surface area contributed by atoms with Crippen LogP contribution in [0.1, 0.15) is 41.0 Å². The van der Waals surface area contributed by atoms with Gasteiger partial charge in [-0.3, -0.25) is 0 Å². The molecule has 0 aromatic carbocycles. The van der Waals surface area contributed by atoms with Crippen molar-refractivity contribution in [1.29, 1.82) is 0 Å². The molecule has 0 unspecified atom stereocenters. The number of nitrogen functional groups attached to an aromatic ring is 1. The molecule has 2 heterocycles. The van der Waals surface area contributed by atoms with Crippen LogP contribution in [-0.4, -0.2) is 30.8 Å². The number of carbonyl (C=O) groups is 1. The predicted molar refractivity (Wildman–Crippen MR) is 71.8 cm³/mol. The van der Waals surface area contributed by atoms with Crippen LogP contribution in [0.15, 0.2) is 12.5 Å². The van der Waals surface area contributed by atoms with Crippen LogP contribution in [0.3, 0.4) is 0 Å². The number of aryl methyl sites for hydroxylation is 1. The second-order valence-corrected chi connectivity index (χ2v) is 4.87. The van der Waals surface area contributed by atoms with Crippen molar-refractivity contribution in [3.05, 3.63) is 29.5 Å². The normalized spacial score (nSPS) is 14.6. The Balaban J connectivity index is 2.10. The van der Waals surface area contributed by atoms with Gasteiger partial charge in [0.1, 0.15) is 6.33 Å². The number of rotatable bonds is 2. The Hall–Kier alpha value is -2.44. The monoisotopic (exact) mass is 273 g/mol. The number of anilines is 1. The quantitative estimate of drug-likeness (QED) is 0.796. The van der Waals surface area contributed by atoms with E-state index >= 15 is 0 Å². The van der Waals surface area contributed by atoms with E-state index in [0.717, 1.165) is 43.4 Å². The summed E-state index contributed by atoms with van der Waals surface area (Å²) in [5.41, 5.74) is 7.74. The van der Waals surface area contributed by atoms with E-state index in [9.17, 15) is 4.79 Å². The van der Waals surface area contributed by atoms with Gasteiger partial charge in [-0.25, -0.2) is 19.4 Å². The van der Waals surface area contributed by atoms with Gasteiger partial charge in [-0.15, -0.1) is 0 Å². The maximum Gasteiger partial charge on any atom is 0.358 e. The van der Waals surface area contributed by atoms with Gasteiger partial charge < -0.3 is 10.8 Å². The summed E-state index contributed by atoms with van der Waals surface area (Å²) in [4.78, 5) is 19.6. The molecule has 2 aromatic rings. The summed E-state index contributed by atoms with van der Waals surface area (Å²) >= 11 is 0. The molecule has 3 rings (SSSR count). The maximum atomic E-state index is 11.0. The molecule has 0 amide bonds. The fourth-order valence-corrected chi connectivity index (χ4v) is 2.54. The third kappa shape index (κ3) is 2.11. The summed E-state index contributed by atoms with van der Waals surface area (Å²) in [6.07, 6.45) is 8.16. The molecule has 7 heteroatoms. The minimum atomic E-state index is -1.14. The summed E-state index contributed by atoms with van der Waals surface area (Å²) in [5.74, 6) is -0.502. The second kappa shape index (κ2) is 4.92. The molecule has 2 aromatic heterocycles. The number of fused-ring (bicyclic) bond motifs is 1. The van der Waals surface area contributed by atoms with E-state index in [4.69, 9.17) is 10.8 Å². The van der Waals surface area contributed by atoms with Gasteiger partial charge in [-0.1, -0.05) is 6.42 Å². The van der Waals surface area contributed by atoms with Gasteiger partial charge in [0.2, 0.25) is 0 Å². The number of hydrogen-bond donors (Lipinski definition) is 2. The zero-order valence-electron chi connectivity index (χ0n) is 10.9. The molecule has 0 spiro atoms. The first-order chi connectivity index (χ1) is 9.66. The Morgan fingerprint density at radius 3 is 2.80 bits per heavy atom. The number of carboxylic acid groups (broad SMARTS) is 1. The Morgan fingerprint density at radius 1 is 1.25 bits per heavy atom. The molecule has 0 saturated carbocycles. The standard InChI is InChI=1S/C13H15N5O2/c14-9-6-18(17-11(9)13(19)20)12-8-4-2-1-3-5-10(8)15-7-16-12/h6-7H,1-5,14H2,(H,19,20). The van der Waals surface area contributed by atoms with Crippen molar-refractivity contribution in [3.63, 3.8) is 0 Å². The van der Waals surface area contributed by atoms with Gasteiger partial charge in [-0.05, 0) is 25.7 Å². The first kappa shape index (κ1) is 12.6. The van der Waals surface area contributed by atoms with Crippen molar-refractivity contribution in [3.8, 4) is 5.82 Å². The summed E-state index contributed by atoms with van der Waals surface area (Å²) in [6.45, 7) is 0. The Morgan fingerprint density at radius 2 is 2.05 bits per heavy atom. The molecule has 1 aliphatic rings. The van der Waals surface area contributed by atoms with Gasteiger partial charge in [0.25, 0.3) is 0 Å². The van der Waals surface area contributed by atoms with Gasteiger partial charge >= 0.3 is 5.97 Å². The average molecular weight is 273 g/mol. The Bertz CT molecular complexity index is 665. The van der Waals surface area contributed by atoms with Crippen molar-refractivity contribution in [2.45, 2.75) is 32.1 Å². The van der Waals surface area contributed by atoms with Gasteiger partial charge in [0, 0.05) is 11.3 Å². The summed E-state index contributed by atoms with van der Waals surface area (Å²) in [6, 6.07) is 0. The molecule has 7 nitrogen and oxygen atoms in total. The zero-order valence-corrected chi connectivity index (χ0v) is 10.9. The van der Waals surface area contributed by atoms with Crippen molar-refractivity contribution in [2.75, 3.05) is 5.73 Å². The fraction of sp³-hybridized carbons (Fsp3) is 0.385. The fourth-order valence-electron chi connectivity index (χ4n) is 2.54. The Kier molecular flexibility index (Phi) is 3.09. The SMILES string of the molecule is Nc1cn(-c2ncnc3c2CCCCC3)nc1C(=O)O. The molecule has 0 aliphatic heterocycles. The topological polar surface area (TPSA) is 107 Å². The van der Waals surface area contributed by atoms with E-state index in [1.807, 2.05) is 0 Å². The number of nitrogens with zero attached hydrogens (tertiary/aromatic N) is 4. The molecule has 104 valence electrons. The molecule has 1 aliphatic carbocycles. The van der Waals surface area contributed by atoms with Crippen molar-refractivity contribution in [1.82, 2.24) is 19.7 Å². The average Bonchev–Trinajstić information content (AvgIpc) is 2.67. The van der Waals surface area contributed by atoms with Crippen LogP contribution in [0.25, 0.3) is 5.82 Å². The van der Waals surface area contributed by atoms with Gasteiger partial charge in [0.05, 0.1) is 11.9 Å². The van der Waals surface area contributed by atoms with Crippen molar-refractivity contribution >= 4 is 11.7 Å². The highest BCUT2D eigenvalue weighted by Gasteiger charge is 2.19. The zero-order chi connectivity index (χ0) is 14.1. The van der Waals surface area contributed by atoms with E-state index in [1.165, 1.54) is 17.2 Å². The molecular weight excluding hydrogens is 258 g/mol. The first-order valence-corrected chi connectivity index (χ1v) is 6.58. The highest BCUT2D eigenvalue weighted by Crippen LogP contribution is 2.24. The van der Waals surface area contributed by atoms with Gasteiger partial charge in [-0.2, -0.15) is 5.10 Å². The van der Waals surface area contributed by atoms with Crippen LogP contribution in [0.4, 0.5) is 5.69 Å². The molecule has 0 saturated heterocycles. The lowest BCUT2D eigenvalue weighted by molar-refractivity contribution is 0.0691. The molecule has 0 atom stereocenters. The number of nitrogens with two attached hydrogens (primary N) is 1. The van der Waals surface area contributed by atoms with Crippen LogP contribution in [-0.2, 0) is 12.8 Å². The smallest absolute Gasteiger partial charge is 0.358 e. The highest BCUT2D eigenvalue weighted by molar-refractivity contribution is 5.91. The summed E-state index contributed by atoms with van der Waals surface area (Å²) in [5, 5.41) is 13.0. The summed E-state index contributed by atoms with van der Waals surface area (Å²) < 4.78 is 1.45. The summed E-state index contributed by atoms with van der Waals surface area (Å²) in [7, 11) is 0. The number of aromatic nitrogens is 4. The molecule has 0 bridgehead atoms. The predicted octanol–water partition coefficient (Wildman–Crippen LogP) is 1.21. The van der Waals surface area contributed by atoms with E-state index in [-0.39, 0.29) is 11.4 Å². The van der Waals surface area contributed by atoms with Crippen LogP contribution in [0, 0.1) is 0 Å². The maximum absolute atomic E-state index is 11.0. The number of carboxylic acids is 1.